The molecule has 100 valence electrons. The van der Waals surface area contributed by atoms with Gasteiger partial charge >= 0.3 is 0 Å². The molecule has 2 aromatic carbocycles. The van der Waals surface area contributed by atoms with Crippen molar-refractivity contribution in [3.05, 3.63) is 71.8 Å². The van der Waals surface area contributed by atoms with E-state index < -0.39 is 11.9 Å². The van der Waals surface area contributed by atoms with Crippen molar-refractivity contribution in [1.29, 1.82) is 0 Å². The zero-order chi connectivity index (χ0) is 14.1. The van der Waals surface area contributed by atoms with Gasteiger partial charge in [0.25, 0.3) is 0 Å². The fourth-order valence-electron chi connectivity index (χ4n) is 1.52. The molecule has 3 N–H and O–H groups in total. The Morgan fingerprint density at radius 3 is 1.89 bits per heavy atom. The Hall–Kier alpha value is -2.13. The molecule has 0 fully saturated rings. The van der Waals surface area contributed by atoms with E-state index >= 15 is 0 Å². The van der Waals surface area contributed by atoms with Crippen molar-refractivity contribution in [2.75, 3.05) is 0 Å². The highest BCUT2D eigenvalue weighted by Gasteiger charge is 2.03. The van der Waals surface area contributed by atoms with Crippen LogP contribution in [-0.2, 0) is 11.3 Å². The second kappa shape index (κ2) is 8.06. The maximum atomic E-state index is 10.4. The van der Waals surface area contributed by atoms with Crippen molar-refractivity contribution in [3.63, 3.8) is 0 Å². The number of hydrogen-bond acceptors (Lipinski definition) is 2. The predicted octanol–water partition coefficient (Wildman–Crippen LogP) is 0.969. The van der Waals surface area contributed by atoms with Crippen molar-refractivity contribution in [3.8, 4) is 0 Å². The van der Waals surface area contributed by atoms with Gasteiger partial charge in [0.15, 0.2) is 0 Å². The van der Waals surface area contributed by atoms with Crippen molar-refractivity contribution < 1.29 is 15.6 Å². The van der Waals surface area contributed by atoms with Crippen molar-refractivity contribution in [1.82, 2.24) is 0 Å². The Morgan fingerprint density at radius 2 is 1.53 bits per heavy atom. The zero-order valence-corrected chi connectivity index (χ0v) is 11.1. The summed E-state index contributed by atoms with van der Waals surface area (Å²) < 4.78 is 0. The molecule has 0 radical (unpaired) electrons. The molecule has 0 aliphatic carbocycles. The molecule has 0 aromatic heterocycles. The average molecular weight is 257 g/mol. The maximum absolute atomic E-state index is 10.4. The van der Waals surface area contributed by atoms with E-state index in [4.69, 9.17) is 0 Å². The highest BCUT2D eigenvalue weighted by Crippen LogP contribution is 2.12. The molecule has 3 heteroatoms. The number of carboxylic acid groups (broad SMARTS) is 1. The third-order valence-electron chi connectivity index (χ3n) is 2.78. The number of carbonyl (C=O) groups is 1. The van der Waals surface area contributed by atoms with Crippen molar-refractivity contribution >= 4 is 5.97 Å². The average Bonchev–Trinajstić information content (AvgIpc) is 2.48. The lowest BCUT2D eigenvalue weighted by Gasteiger charge is -2.11. The van der Waals surface area contributed by atoms with Gasteiger partial charge in [-0.2, -0.15) is 0 Å². The molecule has 0 saturated heterocycles. The summed E-state index contributed by atoms with van der Waals surface area (Å²) >= 11 is 0. The van der Waals surface area contributed by atoms with Crippen LogP contribution in [-0.4, -0.2) is 5.97 Å². The van der Waals surface area contributed by atoms with E-state index in [1.807, 2.05) is 36.4 Å². The lowest BCUT2D eigenvalue weighted by Crippen LogP contribution is -2.47. The first-order valence-electron chi connectivity index (χ1n) is 6.24. The highest BCUT2D eigenvalue weighted by atomic mass is 16.4. The minimum Gasteiger partial charge on any atom is -0.550 e. The molecular weight excluding hydrogens is 238 g/mol. The molecule has 0 heterocycles. The van der Waals surface area contributed by atoms with Gasteiger partial charge in [0, 0.05) is 17.5 Å². The van der Waals surface area contributed by atoms with Crippen LogP contribution in [0.4, 0.5) is 0 Å². The number of hydrogen-bond donors (Lipinski definition) is 1. The quantitative estimate of drug-likeness (QED) is 0.890. The summed E-state index contributed by atoms with van der Waals surface area (Å²) in [5.41, 5.74) is 5.84. The van der Waals surface area contributed by atoms with Gasteiger partial charge in [-0.1, -0.05) is 67.6 Å². The summed E-state index contributed by atoms with van der Waals surface area (Å²) in [7, 11) is 0. The molecule has 19 heavy (non-hydrogen) atoms. The van der Waals surface area contributed by atoms with Crippen LogP contribution in [0.5, 0.6) is 0 Å². The lowest BCUT2D eigenvalue weighted by molar-refractivity contribution is -0.386. The molecule has 0 aliphatic rings. The lowest BCUT2D eigenvalue weighted by atomic mass is 10.0. The van der Waals surface area contributed by atoms with E-state index in [2.05, 4.69) is 17.9 Å². The standard InChI is InChI=1S/C9H10O2.C7H9N/c1-7(9(10)11)8-5-3-2-4-6-8;8-6-7-4-2-1-3-5-7/h2-7H,1H3,(H,10,11);1-5H,6,8H2/t7-;/m1./s1. The fourth-order valence-corrected chi connectivity index (χ4v) is 1.52. The van der Waals surface area contributed by atoms with Crippen molar-refractivity contribution in [2.24, 2.45) is 0 Å². The molecule has 2 rings (SSSR count). The van der Waals surface area contributed by atoms with Crippen LogP contribution < -0.4 is 10.8 Å². The van der Waals surface area contributed by atoms with Crippen LogP contribution in [0.1, 0.15) is 24.0 Å². The van der Waals surface area contributed by atoms with Crippen LogP contribution in [0.3, 0.4) is 0 Å². The van der Waals surface area contributed by atoms with Gasteiger partial charge in [0.05, 0.1) is 6.54 Å². The number of carboxylic acids is 1. The van der Waals surface area contributed by atoms with E-state index in [0.29, 0.717) is 0 Å². The molecular formula is C16H19NO2. The third-order valence-corrected chi connectivity index (χ3v) is 2.78. The van der Waals surface area contributed by atoms with Crippen LogP contribution >= 0.6 is 0 Å². The molecule has 0 aliphatic heterocycles. The summed E-state index contributed by atoms with van der Waals surface area (Å²) in [6.45, 7) is 2.51. The minimum absolute atomic E-state index is 0.517. The maximum Gasteiger partial charge on any atom is 0.0997 e. The predicted molar refractivity (Wildman–Crippen MR) is 72.9 cm³/mol. The number of benzene rings is 2. The Labute approximate surface area is 113 Å². The van der Waals surface area contributed by atoms with E-state index in [0.717, 1.165) is 12.1 Å². The minimum atomic E-state index is -1.03. The van der Waals surface area contributed by atoms with Crippen LogP contribution in [0.25, 0.3) is 0 Å². The summed E-state index contributed by atoms with van der Waals surface area (Å²) in [5, 5.41) is 10.4. The van der Waals surface area contributed by atoms with E-state index in [9.17, 15) is 9.90 Å². The topological polar surface area (TPSA) is 67.8 Å². The number of rotatable bonds is 3. The monoisotopic (exact) mass is 257 g/mol. The van der Waals surface area contributed by atoms with Gasteiger partial charge < -0.3 is 15.6 Å². The van der Waals surface area contributed by atoms with Gasteiger partial charge in [0.2, 0.25) is 0 Å². The van der Waals surface area contributed by atoms with Gasteiger partial charge in [-0.25, -0.2) is 0 Å². The number of quaternary nitrogens is 1. The smallest absolute Gasteiger partial charge is 0.0997 e. The summed E-state index contributed by atoms with van der Waals surface area (Å²) in [6.07, 6.45) is 0. The van der Waals surface area contributed by atoms with Crippen LogP contribution in [0.2, 0.25) is 0 Å². The molecule has 1 atom stereocenters. The zero-order valence-electron chi connectivity index (χ0n) is 11.1. The van der Waals surface area contributed by atoms with Crippen LogP contribution in [0, 0.1) is 0 Å². The largest absolute Gasteiger partial charge is 0.550 e. The van der Waals surface area contributed by atoms with Gasteiger partial charge in [0.1, 0.15) is 0 Å². The van der Waals surface area contributed by atoms with Gasteiger partial charge in [-0.05, 0) is 5.56 Å². The molecule has 0 saturated carbocycles. The molecule has 0 spiro atoms. The summed E-state index contributed by atoms with van der Waals surface area (Å²) in [5.74, 6) is -1.55. The second-order valence-electron chi connectivity index (χ2n) is 4.19. The highest BCUT2D eigenvalue weighted by molar-refractivity contribution is 5.73. The molecule has 0 bridgehead atoms. The summed E-state index contributed by atoms with van der Waals surface area (Å²) in [4.78, 5) is 10.4. The Bertz CT molecular complexity index is 483. The first-order valence-corrected chi connectivity index (χ1v) is 6.24. The van der Waals surface area contributed by atoms with E-state index in [1.165, 1.54) is 5.56 Å². The normalized spacial score (nSPS) is 11.1. The second-order valence-corrected chi connectivity index (χ2v) is 4.19. The Morgan fingerprint density at radius 1 is 1.05 bits per heavy atom. The number of aliphatic carboxylic acids is 1. The molecule has 3 nitrogen and oxygen atoms in total. The third kappa shape index (κ3) is 5.36. The summed E-state index contributed by atoms with van der Waals surface area (Å²) in [6, 6.07) is 19.3. The van der Waals surface area contributed by atoms with E-state index in [1.54, 1.807) is 19.1 Å². The fraction of sp³-hybridized carbons (Fsp3) is 0.188. The Kier molecular flexibility index (Phi) is 6.33. The molecule has 0 unspecified atom stereocenters. The SMILES string of the molecule is C[C@@H](C(=O)[O-])c1ccccc1.[NH3+]Cc1ccccc1. The Balaban J connectivity index is 0.000000200. The van der Waals surface area contributed by atoms with E-state index in [-0.39, 0.29) is 0 Å². The van der Waals surface area contributed by atoms with Gasteiger partial charge in [-0.3, -0.25) is 0 Å². The van der Waals surface area contributed by atoms with Gasteiger partial charge in [-0.15, -0.1) is 0 Å². The van der Waals surface area contributed by atoms with Crippen molar-refractivity contribution in [2.45, 2.75) is 19.4 Å². The first-order chi connectivity index (χ1) is 9.15. The molecule has 2 aromatic rings. The first kappa shape index (κ1) is 14.9. The number of carbonyl (C=O) groups excluding carboxylic acids is 1. The van der Waals surface area contributed by atoms with Crippen LogP contribution in [0.15, 0.2) is 60.7 Å². The molecule has 0 amide bonds.